The molecule has 1 atom stereocenters. The highest BCUT2D eigenvalue weighted by Crippen LogP contribution is 2.28. The van der Waals surface area contributed by atoms with E-state index in [0.717, 1.165) is 10.2 Å². The molecule has 4 rings (SSSR count). The van der Waals surface area contributed by atoms with Gasteiger partial charge in [0.05, 0.1) is 24.4 Å². The van der Waals surface area contributed by atoms with Gasteiger partial charge in [0.1, 0.15) is 11.5 Å². The fraction of sp³-hybridized carbons (Fsp3) is 0.208. The van der Waals surface area contributed by atoms with Crippen molar-refractivity contribution in [1.29, 1.82) is 0 Å². The average Bonchev–Trinajstić information content (AvgIpc) is 3.51. The quantitative estimate of drug-likeness (QED) is 0.369. The van der Waals surface area contributed by atoms with E-state index in [1.54, 1.807) is 35.2 Å². The molecule has 0 unspecified atom stereocenters. The fourth-order valence-electron chi connectivity index (χ4n) is 3.49. The number of rotatable bonds is 9. The van der Waals surface area contributed by atoms with Gasteiger partial charge in [0.25, 0.3) is 5.91 Å². The molecule has 9 nitrogen and oxygen atoms in total. The third-order valence-corrected chi connectivity index (χ3v) is 5.72. The summed E-state index contributed by atoms with van der Waals surface area (Å²) in [6.45, 7) is 0.346. The second-order valence-corrected chi connectivity index (χ2v) is 8.56. The number of amides is 3. The zero-order valence-electron chi connectivity index (χ0n) is 18.1. The van der Waals surface area contributed by atoms with Gasteiger partial charge < -0.3 is 19.4 Å². The van der Waals surface area contributed by atoms with Gasteiger partial charge in [-0.25, -0.2) is 0 Å². The molecule has 10 heteroatoms. The van der Waals surface area contributed by atoms with Crippen LogP contribution in [0.4, 0.5) is 11.4 Å². The molecule has 1 saturated heterocycles. The zero-order valence-corrected chi connectivity index (χ0v) is 19.7. The summed E-state index contributed by atoms with van der Waals surface area (Å²) in [5, 5.41) is 2.70. The Bertz CT molecular complexity index is 1150. The molecule has 3 aromatic rings. The monoisotopic (exact) mass is 526 g/mol. The minimum atomic E-state index is -0.496. The summed E-state index contributed by atoms with van der Waals surface area (Å²) in [4.78, 5) is 38.8. The SMILES string of the molecule is O=C(COc1ccc(Br)cc1NNC(=O)[C@H]1CC(=O)N(c2ccccc2)C1)NCc1ccco1. The fourth-order valence-corrected chi connectivity index (χ4v) is 3.85. The molecule has 0 bridgehead atoms. The van der Waals surface area contributed by atoms with Gasteiger partial charge in [0.15, 0.2) is 6.61 Å². The van der Waals surface area contributed by atoms with Crippen LogP contribution in [0.25, 0.3) is 0 Å². The highest BCUT2D eigenvalue weighted by molar-refractivity contribution is 9.10. The predicted molar refractivity (Wildman–Crippen MR) is 129 cm³/mol. The summed E-state index contributed by atoms with van der Waals surface area (Å²) in [6, 6.07) is 17.9. The lowest BCUT2D eigenvalue weighted by Gasteiger charge is -2.18. The second-order valence-electron chi connectivity index (χ2n) is 7.64. The van der Waals surface area contributed by atoms with Crippen molar-refractivity contribution in [3.63, 3.8) is 0 Å². The number of benzene rings is 2. The molecule has 0 aliphatic carbocycles. The number of hydrogen-bond donors (Lipinski definition) is 3. The van der Waals surface area contributed by atoms with Gasteiger partial charge in [-0.3, -0.25) is 25.2 Å². The first-order valence-corrected chi connectivity index (χ1v) is 11.4. The van der Waals surface area contributed by atoms with E-state index in [0.29, 0.717) is 23.7 Å². The van der Waals surface area contributed by atoms with Crippen molar-refractivity contribution in [2.45, 2.75) is 13.0 Å². The smallest absolute Gasteiger partial charge is 0.258 e. The number of halogens is 1. The van der Waals surface area contributed by atoms with Crippen molar-refractivity contribution < 1.29 is 23.5 Å². The van der Waals surface area contributed by atoms with E-state index >= 15 is 0 Å². The van der Waals surface area contributed by atoms with Crippen LogP contribution in [0.15, 0.2) is 75.8 Å². The Morgan fingerprint density at radius 2 is 1.94 bits per heavy atom. The molecule has 0 spiro atoms. The largest absolute Gasteiger partial charge is 0.482 e. The van der Waals surface area contributed by atoms with Crippen LogP contribution in [0.1, 0.15) is 12.2 Å². The standard InChI is InChI=1S/C24H23BrN4O5/c25-17-8-9-21(34-15-22(30)26-13-19-7-4-10-33-19)20(12-17)27-28-24(32)16-11-23(31)29(14-16)18-5-2-1-3-6-18/h1-10,12,16,27H,11,13-15H2,(H,26,30)(H,28,32)/t16-/m0/s1. The first kappa shape index (κ1) is 23.4. The van der Waals surface area contributed by atoms with E-state index in [4.69, 9.17) is 9.15 Å². The van der Waals surface area contributed by atoms with Crippen molar-refractivity contribution in [3.8, 4) is 5.75 Å². The lowest BCUT2D eigenvalue weighted by Crippen LogP contribution is -2.36. The van der Waals surface area contributed by atoms with Gasteiger partial charge >= 0.3 is 0 Å². The van der Waals surface area contributed by atoms with Crippen LogP contribution in [0, 0.1) is 5.92 Å². The molecule has 176 valence electrons. The number of carbonyl (C=O) groups is 3. The topological polar surface area (TPSA) is 113 Å². The van der Waals surface area contributed by atoms with Gasteiger partial charge in [-0.1, -0.05) is 34.1 Å². The van der Waals surface area contributed by atoms with Gasteiger partial charge in [0.2, 0.25) is 11.8 Å². The summed E-state index contributed by atoms with van der Waals surface area (Å²) >= 11 is 3.39. The lowest BCUT2D eigenvalue weighted by atomic mass is 10.1. The molecule has 3 N–H and O–H groups in total. The Morgan fingerprint density at radius 1 is 1.12 bits per heavy atom. The van der Waals surface area contributed by atoms with Crippen LogP contribution in [0.3, 0.4) is 0 Å². The molecular formula is C24H23BrN4O5. The van der Waals surface area contributed by atoms with Crippen molar-refractivity contribution in [2.75, 3.05) is 23.5 Å². The molecule has 1 aromatic heterocycles. The molecule has 0 saturated carbocycles. The lowest BCUT2D eigenvalue weighted by molar-refractivity contribution is -0.126. The molecule has 1 aliphatic rings. The Hall–Kier alpha value is -3.79. The van der Waals surface area contributed by atoms with E-state index in [1.807, 2.05) is 30.3 Å². The van der Waals surface area contributed by atoms with E-state index < -0.39 is 5.92 Å². The predicted octanol–water partition coefficient (Wildman–Crippen LogP) is 3.23. The summed E-state index contributed by atoms with van der Waals surface area (Å²) in [6.07, 6.45) is 1.66. The third kappa shape index (κ3) is 5.96. The minimum Gasteiger partial charge on any atom is -0.482 e. The molecule has 34 heavy (non-hydrogen) atoms. The Labute approximate surface area is 204 Å². The average molecular weight is 527 g/mol. The highest BCUT2D eigenvalue weighted by Gasteiger charge is 2.35. The maximum absolute atomic E-state index is 12.7. The number of hydrogen-bond acceptors (Lipinski definition) is 6. The molecule has 0 radical (unpaired) electrons. The van der Waals surface area contributed by atoms with Crippen LogP contribution in [0.2, 0.25) is 0 Å². The first-order chi connectivity index (χ1) is 16.5. The maximum atomic E-state index is 12.7. The summed E-state index contributed by atoms with van der Waals surface area (Å²) in [5.74, 6) is -0.209. The summed E-state index contributed by atoms with van der Waals surface area (Å²) in [7, 11) is 0. The number of carbonyl (C=O) groups excluding carboxylic acids is 3. The Kier molecular flexibility index (Phi) is 7.48. The van der Waals surface area contributed by atoms with Crippen molar-refractivity contribution in [2.24, 2.45) is 5.92 Å². The molecule has 2 heterocycles. The zero-order chi connectivity index (χ0) is 23.9. The van der Waals surface area contributed by atoms with Gasteiger partial charge in [-0.05, 0) is 42.5 Å². The van der Waals surface area contributed by atoms with Gasteiger partial charge in [-0.15, -0.1) is 0 Å². The molecular weight excluding hydrogens is 504 g/mol. The van der Waals surface area contributed by atoms with Crippen LogP contribution >= 0.6 is 15.9 Å². The van der Waals surface area contributed by atoms with Crippen LogP contribution < -0.4 is 25.8 Å². The van der Waals surface area contributed by atoms with Crippen LogP contribution in [-0.2, 0) is 20.9 Å². The number of nitrogens with zero attached hydrogens (tertiary/aromatic N) is 1. The van der Waals surface area contributed by atoms with Crippen LogP contribution in [0.5, 0.6) is 5.75 Å². The van der Waals surface area contributed by atoms with Crippen LogP contribution in [-0.4, -0.2) is 30.9 Å². The van der Waals surface area contributed by atoms with Crippen molar-refractivity contribution >= 4 is 45.0 Å². The Balaban J connectivity index is 1.31. The second kappa shape index (κ2) is 10.9. The number of furan rings is 1. The number of ether oxygens (including phenoxy) is 1. The first-order valence-electron chi connectivity index (χ1n) is 10.6. The molecule has 1 fully saturated rings. The normalized spacial score (nSPS) is 15.1. The van der Waals surface area contributed by atoms with Gasteiger partial charge in [0, 0.05) is 23.1 Å². The van der Waals surface area contributed by atoms with Crippen molar-refractivity contribution in [1.82, 2.24) is 10.7 Å². The van der Waals surface area contributed by atoms with E-state index in [2.05, 4.69) is 32.1 Å². The van der Waals surface area contributed by atoms with Crippen molar-refractivity contribution in [3.05, 3.63) is 77.2 Å². The number of nitrogens with one attached hydrogen (secondary N) is 3. The molecule has 3 amide bonds. The number of hydrazine groups is 1. The number of para-hydroxylation sites is 1. The maximum Gasteiger partial charge on any atom is 0.258 e. The minimum absolute atomic E-state index is 0.0987. The summed E-state index contributed by atoms with van der Waals surface area (Å²) in [5.41, 5.74) is 6.73. The van der Waals surface area contributed by atoms with E-state index in [1.165, 1.54) is 6.26 Å². The van der Waals surface area contributed by atoms with E-state index in [-0.39, 0.29) is 37.3 Å². The van der Waals surface area contributed by atoms with Gasteiger partial charge in [-0.2, -0.15) is 0 Å². The summed E-state index contributed by atoms with van der Waals surface area (Å²) < 4.78 is 11.6. The van der Waals surface area contributed by atoms with E-state index in [9.17, 15) is 14.4 Å². The number of anilines is 2. The highest BCUT2D eigenvalue weighted by atomic mass is 79.9. The third-order valence-electron chi connectivity index (χ3n) is 5.22. The molecule has 2 aromatic carbocycles. The Morgan fingerprint density at radius 3 is 2.71 bits per heavy atom. The molecule has 1 aliphatic heterocycles.